The molecule has 0 aliphatic heterocycles. The molecular formula is C9H15NO6S. The van der Waals surface area contributed by atoms with Crippen LogP contribution in [0.25, 0.3) is 0 Å². The van der Waals surface area contributed by atoms with Crippen molar-refractivity contribution in [2.45, 2.75) is 31.7 Å². The number of aliphatic carboxylic acids is 2. The quantitative estimate of drug-likeness (QED) is 0.550. The van der Waals surface area contributed by atoms with E-state index in [1.54, 1.807) is 0 Å². The Kier molecular flexibility index (Phi) is 4.47. The fourth-order valence-electron chi connectivity index (χ4n) is 1.36. The molecule has 0 aromatic carbocycles. The molecule has 0 spiro atoms. The minimum absolute atomic E-state index is 0.0795. The van der Waals surface area contributed by atoms with Crippen LogP contribution in [0.4, 0.5) is 0 Å². The highest BCUT2D eigenvalue weighted by Gasteiger charge is 2.31. The Morgan fingerprint density at radius 1 is 1.29 bits per heavy atom. The predicted octanol–water partition coefficient (Wildman–Crippen LogP) is -0.366. The van der Waals surface area contributed by atoms with Crippen LogP contribution in [0, 0.1) is 5.92 Å². The van der Waals surface area contributed by atoms with E-state index in [9.17, 15) is 18.0 Å². The summed E-state index contributed by atoms with van der Waals surface area (Å²) < 4.78 is 25.1. The summed E-state index contributed by atoms with van der Waals surface area (Å²) in [4.78, 5) is 21.1. The number of hydrogen-bond donors (Lipinski definition) is 3. The molecule has 1 unspecified atom stereocenters. The Morgan fingerprint density at radius 2 is 1.88 bits per heavy atom. The molecule has 7 nitrogen and oxygen atoms in total. The highest BCUT2D eigenvalue weighted by Crippen LogP contribution is 2.30. The topological polar surface area (TPSA) is 121 Å². The monoisotopic (exact) mass is 265 g/mol. The molecule has 3 N–H and O–H groups in total. The van der Waals surface area contributed by atoms with Crippen LogP contribution in [0.5, 0.6) is 0 Å². The molecule has 1 rings (SSSR count). The van der Waals surface area contributed by atoms with Crippen molar-refractivity contribution in [3.63, 3.8) is 0 Å². The first-order valence-electron chi connectivity index (χ1n) is 5.25. The summed E-state index contributed by atoms with van der Waals surface area (Å²) >= 11 is 0. The molecule has 0 heterocycles. The van der Waals surface area contributed by atoms with E-state index >= 15 is 0 Å². The van der Waals surface area contributed by atoms with Crippen molar-refractivity contribution >= 4 is 22.0 Å². The van der Waals surface area contributed by atoms with Gasteiger partial charge in [-0.05, 0) is 25.2 Å². The average molecular weight is 265 g/mol. The van der Waals surface area contributed by atoms with Gasteiger partial charge in [0, 0.05) is 6.42 Å². The molecule has 8 heteroatoms. The number of nitrogens with one attached hydrogen (secondary N) is 1. The third kappa shape index (κ3) is 5.64. The van der Waals surface area contributed by atoms with Gasteiger partial charge in [-0.25, -0.2) is 13.1 Å². The molecule has 0 radical (unpaired) electrons. The minimum Gasteiger partial charge on any atom is -0.481 e. The van der Waals surface area contributed by atoms with E-state index in [0.717, 1.165) is 12.8 Å². The molecule has 1 saturated carbocycles. The molecule has 0 saturated heterocycles. The lowest BCUT2D eigenvalue weighted by atomic mass is 10.2. The molecule has 0 aromatic rings. The third-order valence-corrected chi connectivity index (χ3v) is 3.97. The Bertz CT molecular complexity index is 400. The standard InChI is InChI=1S/C9H15NO6S/c11-8(12)4-3-7(9(13)14)10-17(15,16)5-6-1-2-6/h6-7,10H,1-5H2,(H,11,12)(H,13,14). The first-order chi connectivity index (χ1) is 7.80. The van der Waals surface area contributed by atoms with Crippen molar-refractivity contribution in [1.29, 1.82) is 0 Å². The van der Waals surface area contributed by atoms with Gasteiger partial charge in [0.05, 0.1) is 5.75 Å². The van der Waals surface area contributed by atoms with Crippen LogP contribution in [0.15, 0.2) is 0 Å². The van der Waals surface area contributed by atoms with Crippen LogP contribution >= 0.6 is 0 Å². The number of hydrogen-bond acceptors (Lipinski definition) is 4. The lowest BCUT2D eigenvalue weighted by Gasteiger charge is -2.13. The first kappa shape index (κ1) is 13.9. The SMILES string of the molecule is O=C(O)CCC(NS(=O)(=O)CC1CC1)C(=O)O. The second-order valence-corrected chi connectivity index (χ2v) is 5.96. The minimum atomic E-state index is -3.63. The van der Waals surface area contributed by atoms with Gasteiger partial charge in [0.1, 0.15) is 6.04 Å². The van der Waals surface area contributed by atoms with Crippen LogP contribution in [0.2, 0.25) is 0 Å². The second-order valence-electron chi connectivity index (χ2n) is 4.17. The van der Waals surface area contributed by atoms with E-state index < -0.39 is 28.0 Å². The fraction of sp³-hybridized carbons (Fsp3) is 0.778. The van der Waals surface area contributed by atoms with Gasteiger partial charge in [-0.1, -0.05) is 0 Å². The molecule has 0 amide bonds. The largest absolute Gasteiger partial charge is 0.481 e. The van der Waals surface area contributed by atoms with Gasteiger partial charge in [0.15, 0.2) is 0 Å². The highest BCUT2D eigenvalue weighted by molar-refractivity contribution is 7.89. The molecule has 1 aliphatic rings. The van der Waals surface area contributed by atoms with E-state index in [0.29, 0.717) is 0 Å². The third-order valence-electron chi connectivity index (χ3n) is 2.42. The van der Waals surface area contributed by atoms with Gasteiger partial charge in [0.2, 0.25) is 10.0 Å². The van der Waals surface area contributed by atoms with E-state index in [2.05, 4.69) is 0 Å². The second kappa shape index (κ2) is 5.46. The van der Waals surface area contributed by atoms with Crippen molar-refractivity contribution in [2.24, 2.45) is 5.92 Å². The maximum atomic E-state index is 11.5. The Labute approximate surface area is 98.9 Å². The lowest BCUT2D eigenvalue weighted by Crippen LogP contribution is -2.42. The van der Waals surface area contributed by atoms with E-state index in [1.165, 1.54) is 0 Å². The maximum Gasteiger partial charge on any atom is 0.321 e. The predicted molar refractivity (Wildman–Crippen MR) is 57.9 cm³/mol. The fourth-order valence-corrected chi connectivity index (χ4v) is 3.06. The zero-order chi connectivity index (χ0) is 13.1. The Hall–Kier alpha value is -1.15. The van der Waals surface area contributed by atoms with Crippen LogP contribution in [0.1, 0.15) is 25.7 Å². The van der Waals surface area contributed by atoms with Gasteiger partial charge in [-0.15, -0.1) is 0 Å². The summed E-state index contributed by atoms with van der Waals surface area (Å²) in [6.07, 6.45) is 1.04. The summed E-state index contributed by atoms with van der Waals surface area (Å²) in [5, 5.41) is 17.2. The summed E-state index contributed by atoms with van der Waals surface area (Å²) in [5.74, 6) is -2.48. The van der Waals surface area contributed by atoms with Gasteiger partial charge in [-0.3, -0.25) is 9.59 Å². The zero-order valence-corrected chi connectivity index (χ0v) is 9.94. The van der Waals surface area contributed by atoms with Crippen molar-refractivity contribution in [2.75, 3.05) is 5.75 Å². The van der Waals surface area contributed by atoms with Crippen LogP contribution in [-0.4, -0.2) is 42.4 Å². The summed E-state index contributed by atoms with van der Waals surface area (Å²) in [6.45, 7) is 0. The van der Waals surface area contributed by atoms with Crippen molar-refractivity contribution in [3.05, 3.63) is 0 Å². The van der Waals surface area contributed by atoms with Gasteiger partial charge in [-0.2, -0.15) is 0 Å². The Morgan fingerprint density at radius 3 is 2.29 bits per heavy atom. The summed E-state index contributed by atoms with van der Waals surface area (Å²) in [6, 6.07) is -1.37. The zero-order valence-electron chi connectivity index (χ0n) is 9.13. The number of sulfonamides is 1. The number of carboxylic acid groups (broad SMARTS) is 2. The van der Waals surface area contributed by atoms with E-state index in [1.807, 2.05) is 4.72 Å². The molecular weight excluding hydrogens is 250 g/mol. The molecule has 98 valence electrons. The van der Waals surface area contributed by atoms with Gasteiger partial charge >= 0.3 is 11.9 Å². The smallest absolute Gasteiger partial charge is 0.321 e. The molecule has 1 fully saturated rings. The first-order valence-corrected chi connectivity index (χ1v) is 6.90. The highest BCUT2D eigenvalue weighted by atomic mass is 32.2. The van der Waals surface area contributed by atoms with Crippen molar-refractivity contribution in [1.82, 2.24) is 4.72 Å². The van der Waals surface area contributed by atoms with Gasteiger partial charge in [0.25, 0.3) is 0 Å². The summed E-state index contributed by atoms with van der Waals surface area (Å²) in [5.41, 5.74) is 0. The lowest BCUT2D eigenvalue weighted by molar-refractivity contribution is -0.140. The normalized spacial score (nSPS) is 17.6. The number of rotatable bonds is 8. The molecule has 1 aliphatic carbocycles. The molecule has 0 aromatic heterocycles. The van der Waals surface area contributed by atoms with Crippen molar-refractivity contribution < 1.29 is 28.2 Å². The van der Waals surface area contributed by atoms with Crippen LogP contribution < -0.4 is 4.72 Å². The van der Waals surface area contributed by atoms with Crippen LogP contribution in [0.3, 0.4) is 0 Å². The van der Waals surface area contributed by atoms with E-state index in [4.69, 9.17) is 10.2 Å². The molecule has 17 heavy (non-hydrogen) atoms. The van der Waals surface area contributed by atoms with E-state index in [-0.39, 0.29) is 24.5 Å². The van der Waals surface area contributed by atoms with Crippen LogP contribution in [-0.2, 0) is 19.6 Å². The summed E-state index contributed by atoms with van der Waals surface area (Å²) in [7, 11) is -3.63. The maximum absolute atomic E-state index is 11.5. The van der Waals surface area contributed by atoms with Gasteiger partial charge < -0.3 is 10.2 Å². The Balaban J connectivity index is 2.52. The molecule has 0 bridgehead atoms. The molecule has 1 atom stereocenters. The number of carboxylic acids is 2. The van der Waals surface area contributed by atoms with Crippen molar-refractivity contribution in [3.8, 4) is 0 Å². The number of carbonyl (C=O) groups is 2. The average Bonchev–Trinajstić information content (AvgIpc) is 2.94.